The molecule has 0 aromatic heterocycles. The first kappa shape index (κ1) is 18.1. The van der Waals surface area contributed by atoms with E-state index in [1.807, 2.05) is 30.3 Å². The zero-order chi connectivity index (χ0) is 17.5. The molecular weight excluding hydrogens is 421 g/mol. The number of methoxy groups -OCH3 is 1. The number of anilines is 1. The summed E-state index contributed by atoms with van der Waals surface area (Å²) < 4.78 is 6.24. The highest BCUT2D eigenvalue weighted by Gasteiger charge is 2.15. The number of amidine groups is 1. The van der Waals surface area contributed by atoms with Crippen LogP contribution >= 0.6 is 22.6 Å². The van der Waals surface area contributed by atoms with Crippen LogP contribution < -0.4 is 15.8 Å². The summed E-state index contributed by atoms with van der Waals surface area (Å²) in [6, 6.07) is 14.6. The summed E-state index contributed by atoms with van der Waals surface area (Å²) in [6.07, 6.45) is -0.795. The number of nitrogens with zero attached hydrogens (tertiary/aromatic N) is 1. The van der Waals surface area contributed by atoms with Gasteiger partial charge in [0, 0.05) is 9.26 Å². The van der Waals surface area contributed by atoms with E-state index in [4.69, 9.17) is 15.3 Å². The van der Waals surface area contributed by atoms with Crippen LogP contribution in [0, 0.1) is 3.57 Å². The molecule has 1 atom stereocenters. The number of para-hydroxylation sites is 1. The van der Waals surface area contributed by atoms with E-state index in [-0.39, 0.29) is 11.7 Å². The second-order valence-electron chi connectivity index (χ2n) is 4.92. The second kappa shape index (κ2) is 8.53. The molecule has 1 unspecified atom stereocenters. The van der Waals surface area contributed by atoms with Gasteiger partial charge in [-0.1, -0.05) is 23.4 Å². The number of hydrogen-bond donors (Lipinski definition) is 2. The molecule has 0 bridgehead atoms. The Labute approximate surface area is 154 Å². The predicted octanol–water partition coefficient (Wildman–Crippen LogP) is 2.96. The summed E-state index contributed by atoms with van der Waals surface area (Å²) in [4.78, 5) is 17.3. The Kier molecular flexibility index (Phi) is 6.42. The number of nitrogens with one attached hydrogen (secondary N) is 1. The quantitative estimate of drug-likeness (QED) is 0.314. The number of rotatable bonds is 6. The van der Waals surface area contributed by atoms with Crippen molar-refractivity contribution < 1.29 is 14.4 Å². The van der Waals surface area contributed by atoms with Gasteiger partial charge in [-0.05, 0) is 59.8 Å². The molecule has 126 valence electrons. The van der Waals surface area contributed by atoms with Gasteiger partial charge in [-0.15, -0.1) is 0 Å². The molecule has 2 aromatic rings. The third kappa shape index (κ3) is 4.85. The average Bonchev–Trinajstić information content (AvgIpc) is 2.59. The topological polar surface area (TPSA) is 85.9 Å². The van der Waals surface area contributed by atoms with Gasteiger partial charge >= 0.3 is 0 Å². The smallest absolute Gasteiger partial charge is 0.267 e. The van der Waals surface area contributed by atoms with Gasteiger partial charge in [-0.3, -0.25) is 4.79 Å². The van der Waals surface area contributed by atoms with Crippen molar-refractivity contribution in [1.82, 2.24) is 0 Å². The highest BCUT2D eigenvalue weighted by molar-refractivity contribution is 14.1. The fraction of sp³-hybridized carbons (Fsp3) is 0.176. The van der Waals surface area contributed by atoms with Crippen LogP contribution in [0.3, 0.4) is 0 Å². The van der Waals surface area contributed by atoms with Crippen molar-refractivity contribution in [3.05, 3.63) is 57.7 Å². The van der Waals surface area contributed by atoms with E-state index in [2.05, 4.69) is 33.1 Å². The number of oxime groups is 1. The molecular formula is C17H18IN3O3. The molecule has 0 aliphatic heterocycles. The highest BCUT2D eigenvalue weighted by atomic mass is 127. The minimum Gasteiger partial charge on any atom is -0.496 e. The average molecular weight is 439 g/mol. The molecule has 2 rings (SSSR count). The molecule has 0 heterocycles. The van der Waals surface area contributed by atoms with Gasteiger partial charge in [0.15, 0.2) is 5.84 Å². The first-order valence-corrected chi connectivity index (χ1v) is 8.28. The van der Waals surface area contributed by atoms with Crippen LogP contribution in [0.5, 0.6) is 5.75 Å². The lowest BCUT2D eigenvalue weighted by Gasteiger charge is -2.12. The summed E-state index contributed by atoms with van der Waals surface area (Å²) in [7, 11) is 1.55. The van der Waals surface area contributed by atoms with Gasteiger partial charge in [-0.2, -0.15) is 0 Å². The molecule has 7 heteroatoms. The summed E-state index contributed by atoms with van der Waals surface area (Å²) in [5.41, 5.74) is 7.20. The Hall–Kier alpha value is -2.29. The van der Waals surface area contributed by atoms with Crippen LogP contribution in [0.25, 0.3) is 0 Å². The Balaban J connectivity index is 2.00. The minimum atomic E-state index is -0.795. The summed E-state index contributed by atoms with van der Waals surface area (Å²) >= 11 is 2.18. The van der Waals surface area contributed by atoms with Crippen LogP contribution in [0.15, 0.2) is 53.7 Å². The number of halogens is 1. The fourth-order valence-corrected chi connectivity index (χ4v) is 2.44. The maximum atomic E-state index is 12.1. The lowest BCUT2D eigenvalue weighted by molar-refractivity contribution is -0.126. The third-order valence-corrected chi connectivity index (χ3v) is 3.82. The number of hydrogen-bond acceptors (Lipinski definition) is 4. The highest BCUT2D eigenvalue weighted by Crippen LogP contribution is 2.17. The van der Waals surface area contributed by atoms with E-state index in [0.717, 1.165) is 3.57 Å². The van der Waals surface area contributed by atoms with Crippen molar-refractivity contribution in [3.8, 4) is 5.75 Å². The standard InChI is InChI=1S/C17H18IN3O3/c1-11(17(22)20-13-7-5-6-12(18)10-13)24-21-16(19)14-8-3-4-9-15(14)23-2/h3-11H,1-2H3,(H2,19,21)(H,20,22). The van der Waals surface area contributed by atoms with Gasteiger partial charge in [-0.25, -0.2) is 0 Å². The van der Waals surface area contributed by atoms with Crippen LogP contribution in [0.2, 0.25) is 0 Å². The van der Waals surface area contributed by atoms with Crippen LogP contribution in [0.1, 0.15) is 12.5 Å². The number of carbonyl (C=O) groups is 1. The Morgan fingerprint density at radius 3 is 2.71 bits per heavy atom. The van der Waals surface area contributed by atoms with E-state index in [1.54, 1.807) is 32.2 Å². The Bertz CT molecular complexity index is 749. The number of ether oxygens (including phenoxy) is 1. The first-order chi connectivity index (χ1) is 11.5. The van der Waals surface area contributed by atoms with Crippen LogP contribution in [0.4, 0.5) is 5.69 Å². The number of nitrogens with two attached hydrogens (primary N) is 1. The third-order valence-electron chi connectivity index (χ3n) is 3.15. The van der Waals surface area contributed by atoms with Gasteiger partial charge in [0.2, 0.25) is 6.10 Å². The maximum absolute atomic E-state index is 12.1. The zero-order valence-electron chi connectivity index (χ0n) is 13.3. The molecule has 24 heavy (non-hydrogen) atoms. The number of benzene rings is 2. The SMILES string of the molecule is COc1ccccc1/C(N)=N/OC(C)C(=O)Nc1cccc(I)c1. The molecule has 0 saturated heterocycles. The molecule has 6 nitrogen and oxygen atoms in total. The van der Waals surface area contributed by atoms with Gasteiger partial charge in [0.1, 0.15) is 5.75 Å². The van der Waals surface area contributed by atoms with E-state index in [1.165, 1.54) is 0 Å². The van der Waals surface area contributed by atoms with Crippen molar-refractivity contribution >= 4 is 40.0 Å². The number of amides is 1. The molecule has 0 aliphatic rings. The van der Waals surface area contributed by atoms with Crippen LogP contribution in [-0.2, 0) is 9.63 Å². The van der Waals surface area contributed by atoms with Crippen molar-refractivity contribution in [2.75, 3.05) is 12.4 Å². The van der Waals surface area contributed by atoms with Gasteiger partial charge < -0.3 is 20.6 Å². The largest absolute Gasteiger partial charge is 0.496 e. The van der Waals surface area contributed by atoms with Crippen LogP contribution in [-0.4, -0.2) is 25.0 Å². The van der Waals surface area contributed by atoms with Crippen molar-refractivity contribution in [3.63, 3.8) is 0 Å². The molecule has 0 saturated carbocycles. The minimum absolute atomic E-state index is 0.140. The molecule has 3 N–H and O–H groups in total. The first-order valence-electron chi connectivity index (χ1n) is 7.20. The van der Waals surface area contributed by atoms with Gasteiger partial charge in [0.05, 0.1) is 12.7 Å². The van der Waals surface area contributed by atoms with E-state index >= 15 is 0 Å². The molecule has 0 radical (unpaired) electrons. The summed E-state index contributed by atoms with van der Waals surface area (Å²) in [6.45, 7) is 1.60. The lowest BCUT2D eigenvalue weighted by Crippen LogP contribution is -2.27. The zero-order valence-corrected chi connectivity index (χ0v) is 15.5. The number of carbonyl (C=O) groups excluding carboxylic acids is 1. The van der Waals surface area contributed by atoms with E-state index in [0.29, 0.717) is 17.0 Å². The van der Waals surface area contributed by atoms with E-state index < -0.39 is 6.10 Å². The fourth-order valence-electron chi connectivity index (χ4n) is 1.90. The molecule has 1 amide bonds. The lowest BCUT2D eigenvalue weighted by atomic mass is 10.2. The Morgan fingerprint density at radius 2 is 2.00 bits per heavy atom. The van der Waals surface area contributed by atoms with Crippen molar-refractivity contribution in [1.29, 1.82) is 0 Å². The normalized spacial score (nSPS) is 12.4. The van der Waals surface area contributed by atoms with Crippen molar-refractivity contribution in [2.45, 2.75) is 13.0 Å². The second-order valence-corrected chi connectivity index (χ2v) is 6.17. The van der Waals surface area contributed by atoms with Gasteiger partial charge in [0.25, 0.3) is 5.91 Å². The predicted molar refractivity (Wildman–Crippen MR) is 102 cm³/mol. The Morgan fingerprint density at radius 1 is 1.25 bits per heavy atom. The molecule has 0 spiro atoms. The summed E-state index contributed by atoms with van der Waals surface area (Å²) in [5, 5.41) is 6.60. The van der Waals surface area contributed by atoms with Crippen molar-refractivity contribution in [2.24, 2.45) is 10.9 Å². The monoisotopic (exact) mass is 439 g/mol. The molecule has 0 fully saturated rings. The summed E-state index contributed by atoms with van der Waals surface area (Å²) in [5.74, 6) is 0.410. The van der Waals surface area contributed by atoms with E-state index in [9.17, 15) is 4.79 Å². The maximum Gasteiger partial charge on any atom is 0.267 e. The molecule has 2 aromatic carbocycles. The molecule has 0 aliphatic carbocycles.